The molecule has 0 bridgehead atoms. The summed E-state index contributed by atoms with van der Waals surface area (Å²) in [6, 6.07) is 11.7. The molecule has 0 atom stereocenters. The predicted molar refractivity (Wildman–Crippen MR) is 118 cm³/mol. The molecule has 0 aliphatic carbocycles. The second kappa shape index (κ2) is 11.6. The van der Waals surface area contributed by atoms with Crippen molar-refractivity contribution in [2.45, 2.75) is 13.3 Å². The van der Waals surface area contributed by atoms with Crippen molar-refractivity contribution in [2.75, 3.05) is 13.2 Å². The SMILES string of the molecule is CCCOc1ccc(C(=O)NC(=S)NNC(=O)COc2ccc(Br)cc2Cl)cc1. The van der Waals surface area contributed by atoms with Crippen LogP contribution in [-0.2, 0) is 4.79 Å². The second-order valence-electron chi connectivity index (χ2n) is 5.69. The molecule has 0 saturated carbocycles. The van der Waals surface area contributed by atoms with Gasteiger partial charge in [0.15, 0.2) is 11.7 Å². The van der Waals surface area contributed by atoms with Crippen molar-refractivity contribution in [1.29, 1.82) is 0 Å². The number of ether oxygens (including phenoxy) is 2. The lowest BCUT2D eigenvalue weighted by Crippen LogP contribution is -2.49. The Hall–Kier alpha value is -2.36. The molecule has 0 saturated heterocycles. The van der Waals surface area contributed by atoms with Crippen LogP contribution in [0.2, 0.25) is 5.02 Å². The van der Waals surface area contributed by atoms with E-state index in [-0.39, 0.29) is 11.7 Å². The molecule has 7 nitrogen and oxygen atoms in total. The Morgan fingerprint density at radius 3 is 2.48 bits per heavy atom. The number of rotatable bonds is 7. The number of thiocarbonyl (C=S) groups is 1. The number of hydrogen-bond acceptors (Lipinski definition) is 5. The van der Waals surface area contributed by atoms with Gasteiger partial charge in [0.05, 0.1) is 11.6 Å². The van der Waals surface area contributed by atoms with Crippen molar-refractivity contribution in [2.24, 2.45) is 0 Å². The molecule has 3 N–H and O–H groups in total. The van der Waals surface area contributed by atoms with Gasteiger partial charge in [-0.2, -0.15) is 0 Å². The van der Waals surface area contributed by atoms with Crippen LogP contribution < -0.4 is 25.6 Å². The van der Waals surface area contributed by atoms with Gasteiger partial charge in [-0.1, -0.05) is 34.5 Å². The Morgan fingerprint density at radius 1 is 1.10 bits per heavy atom. The van der Waals surface area contributed by atoms with Crippen LogP contribution in [0.15, 0.2) is 46.9 Å². The molecule has 0 radical (unpaired) electrons. The first-order valence-corrected chi connectivity index (χ1v) is 10.2. The van der Waals surface area contributed by atoms with E-state index in [1.165, 1.54) is 0 Å². The first-order chi connectivity index (χ1) is 13.9. The zero-order valence-electron chi connectivity index (χ0n) is 15.5. The van der Waals surface area contributed by atoms with Crippen LogP contribution in [0.25, 0.3) is 0 Å². The van der Waals surface area contributed by atoms with Crippen molar-refractivity contribution in [3.63, 3.8) is 0 Å². The smallest absolute Gasteiger partial charge is 0.276 e. The minimum absolute atomic E-state index is 0.0590. The van der Waals surface area contributed by atoms with Crippen molar-refractivity contribution < 1.29 is 19.1 Å². The topological polar surface area (TPSA) is 88.7 Å². The van der Waals surface area contributed by atoms with Gasteiger partial charge in [0.25, 0.3) is 11.8 Å². The fourth-order valence-corrected chi connectivity index (χ4v) is 2.90. The number of carbonyl (C=O) groups excluding carboxylic acids is 2. The fraction of sp³-hybridized carbons (Fsp3) is 0.211. The zero-order valence-corrected chi connectivity index (χ0v) is 18.6. The van der Waals surface area contributed by atoms with Crippen LogP contribution in [0.4, 0.5) is 0 Å². The van der Waals surface area contributed by atoms with Gasteiger partial charge in [0, 0.05) is 10.0 Å². The number of amides is 2. The van der Waals surface area contributed by atoms with E-state index in [0.717, 1.165) is 10.9 Å². The molecule has 154 valence electrons. The molecule has 2 aromatic rings. The quantitative estimate of drug-likeness (QED) is 0.398. The normalized spacial score (nSPS) is 10.0. The summed E-state index contributed by atoms with van der Waals surface area (Å²) in [5.74, 6) is 0.129. The van der Waals surface area contributed by atoms with Crippen molar-refractivity contribution >= 4 is 56.7 Å². The molecule has 2 amide bonds. The van der Waals surface area contributed by atoms with Crippen LogP contribution in [0.3, 0.4) is 0 Å². The maximum absolute atomic E-state index is 12.2. The van der Waals surface area contributed by atoms with E-state index in [2.05, 4.69) is 32.1 Å². The molecular weight excluding hydrogens is 482 g/mol. The maximum atomic E-state index is 12.2. The van der Waals surface area contributed by atoms with E-state index < -0.39 is 11.8 Å². The third kappa shape index (κ3) is 7.88. The standard InChI is InChI=1S/C19H19BrClN3O4S/c1-2-9-27-14-6-3-12(4-7-14)18(26)22-19(29)24-23-17(25)11-28-16-8-5-13(20)10-15(16)21/h3-8,10H,2,9,11H2,1H3,(H,23,25)(H2,22,24,26,29). The van der Waals surface area contributed by atoms with Gasteiger partial charge in [0.1, 0.15) is 11.5 Å². The lowest BCUT2D eigenvalue weighted by molar-refractivity contribution is -0.123. The number of halogens is 2. The molecule has 2 rings (SSSR count). The molecule has 0 aliphatic rings. The minimum Gasteiger partial charge on any atom is -0.494 e. The summed E-state index contributed by atoms with van der Waals surface area (Å²) in [5, 5.41) is 2.77. The minimum atomic E-state index is -0.502. The third-order valence-corrected chi connectivity index (χ3v) is 4.38. The Balaban J connectivity index is 1.74. The van der Waals surface area contributed by atoms with Gasteiger partial charge in [-0.25, -0.2) is 0 Å². The number of nitrogens with one attached hydrogen (secondary N) is 3. The maximum Gasteiger partial charge on any atom is 0.276 e. The lowest BCUT2D eigenvalue weighted by atomic mass is 10.2. The van der Waals surface area contributed by atoms with Gasteiger partial charge in [-0.3, -0.25) is 25.8 Å². The van der Waals surface area contributed by atoms with E-state index in [1.54, 1.807) is 42.5 Å². The molecular formula is C19H19BrClN3O4S. The molecule has 10 heteroatoms. The van der Waals surface area contributed by atoms with Crippen LogP contribution in [0.1, 0.15) is 23.7 Å². The lowest BCUT2D eigenvalue weighted by Gasteiger charge is -2.12. The third-order valence-electron chi connectivity index (χ3n) is 3.38. The number of benzene rings is 2. The van der Waals surface area contributed by atoms with Crippen LogP contribution in [0, 0.1) is 0 Å². The van der Waals surface area contributed by atoms with Gasteiger partial charge >= 0.3 is 0 Å². The molecule has 0 spiro atoms. The summed E-state index contributed by atoms with van der Waals surface area (Å²) in [7, 11) is 0. The van der Waals surface area contributed by atoms with Crippen LogP contribution in [0.5, 0.6) is 11.5 Å². The number of carbonyl (C=O) groups is 2. The average molecular weight is 501 g/mol. The Kier molecular flexibility index (Phi) is 9.17. The van der Waals surface area contributed by atoms with E-state index in [0.29, 0.717) is 28.7 Å². The van der Waals surface area contributed by atoms with Gasteiger partial charge in [-0.05, 0) is 61.1 Å². The van der Waals surface area contributed by atoms with E-state index >= 15 is 0 Å². The number of hydrazine groups is 1. The predicted octanol–water partition coefficient (Wildman–Crippen LogP) is 3.61. The molecule has 0 aliphatic heterocycles. The van der Waals surface area contributed by atoms with Gasteiger partial charge in [0.2, 0.25) is 0 Å². The highest BCUT2D eigenvalue weighted by atomic mass is 79.9. The second-order valence-corrected chi connectivity index (χ2v) is 7.42. The summed E-state index contributed by atoms with van der Waals surface area (Å²) in [4.78, 5) is 24.0. The Bertz CT molecular complexity index is 880. The summed E-state index contributed by atoms with van der Waals surface area (Å²) < 4.78 is 11.6. The summed E-state index contributed by atoms with van der Waals surface area (Å²) in [6.07, 6.45) is 0.898. The van der Waals surface area contributed by atoms with Crippen LogP contribution >= 0.6 is 39.7 Å². The average Bonchev–Trinajstić information content (AvgIpc) is 2.70. The Labute approximate surface area is 187 Å². The molecule has 29 heavy (non-hydrogen) atoms. The molecule has 0 heterocycles. The van der Waals surface area contributed by atoms with E-state index in [9.17, 15) is 9.59 Å². The number of hydrogen-bond donors (Lipinski definition) is 3. The van der Waals surface area contributed by atoms with Crippen molar-refractivity contribution in [3.05, 3.63) is 57.5 Å². The first-order valence-electron chi connectivity index (χ1n) is 8.60. The summed E-state index contributed by atoms with van der Waals surface area (Å²) in [5.41, 5.74) is 5.17. The van der Waals surface area contributed by atoms with E-state index in [1.807, 2.05) is 6.92 Å². The Morgan fingerprint density at radius 2 is 1.83 bits per heavy atom. The zero-order chi connectivity index (χ0) is 21.2. The molecule has 0 fully saturated rings. The molecule has 2 aromatic carbocycles. The van der Waals surface area contributed by atoms with Gasteiger partial charge < -0.3 is 9.47 Å². The molecule has 0 aromatic heterocycles. The molecule has 0 unspecified atom stereocenters. The van der Waals surface area contributed by atoms with Crippen LogP contribution in [-0.4, -0.2) is 30.1 Å². The fourth-order valence-electron chi connectivity index (χ4n) is 2.03. The summed E-state index contributed by atoms with van der Waals surface area (Å²) >= 11 is 14.3. The monoisotopic (exact) mass is 499 g/mol. The highest BCUT2D eigenvalue weighted by Gasteiger charge is 2.10. The highest BCUT2D eigenvalue weighted by Crippen LogP contribution is 2.27. The van der Waals surface area contributed by atoms with E-state index in [4.69, 9.17) is 33.3 Å². The highest BCUT2D eigenvalue weighted by molar-refractivity contribution is 9.10. The van der Waals surface area contributed by atoms with Crippen molar-refractivity contribution in [3.8, 4) is 11.5 Å². The summed E-state index contributed by atoms with van der Waals surface area (Å²) in [6.45, 7) is 2.33. The first kappa shape index (κ1) is 22.9. The van der Waals surface area contributed by atoms with Gasteiger partial charge in [-0.15, -0.1) is 0 Å². The van der Waals surface area contributed by atoms with Crippen molar-refractivity contribution in [1.82, 2.24) is 16.2 Å². The largest absolute Gasteiger partial charge is 0.494 e.